The minimum atomic E-state index is -4.40. The molecule has 5 heteroatoms. The second-order valence-electron chi connectivity index (χ2n) is 18.0. The lowest BCUT2D eigenvalue weighted by Gasteiger charge is -2.04. The number of hydrogen-bond acceptors (Lipinski definition) is 2. The van der Waals surface area contributed by atoms with Crippen LogP contribution in [0.25, 0.3) is 0 Å². The maximum absolute atomic E-state index is 10.8. The van der Waals surface area contributed by atoms with Crippen LogP contribution in [0.5, 0.6) is 0 Å². The molecule has 0 unspecified atom stereocenters. The molecule has 4 nitrogen and oxygen atoms in total. The molecule has 0 atom stereocenters. The zero-order chi connectivity index (χ0) is 45.2. The molecule has 0 bridgehead atoms. The number of rotatable bonds is 33. The summed E-state index contributed by atoms with van der Waals surface area (Å²) in [6.45, 7) is 26.7. The Bertz CT molecular complexity index is 1600. The van der Waals surface area contributed by atoms with Gasteiger partial charge in [0.2, 0.25) is 0 Å². The molecule has 0 aliphatic rings. The van der Waals surface area contributed by atoms with Crippen molar-refractivity contribution in [1.29, 1.82) is 0 Å². The SMILES string of the molecule is CC(C)=CCCC(C)=CCCC(C)=CCCC(C)=CCCC(C)=CCCC(C)=CCCC(C)=CCCC(C)=CCCC(C)=CCCC(C)=CCCC(C)=CCOP(=O)(O)O. The quantitative estimate of drug-likeness (QED) is 0.0510. The van der Waals surface area contributed by atoms with Crippen LogP contribution in [0.2, 0.25) is 0 Å². The Kier molecular flexibility index (Phi) is 34.2. The second kappa shape index (κ2) is 35.8. The average molecular weight is 847 g/mol. The predicted octanol–water partition coefficient (Wildman–Crippen LogP) is 18.3. The first-order valence-corrected chi connectivity index (χ1v) is 24.8. The lowest BCUT2D eigenvalue weighted by molar-refractivity contribution is 0.215. The van der Waals surface area contributed by atoms with E-state index in [-0.39, 0.29) is 6.61 Å². The number of hydrogen-bond donors (Lipinski definition) is 2. The first-order chi connectivity index (χ1) is 28.4. The molecule has 0 fully saturated rings. The lowest BCUT2D eigenvalue weighted by Crippen LogP contribution is -1.89. The highest BCUT2D eigenvalue weighted by molar-refractivity contribution is 7.46. The van der Waals surface area contributed by atoms with Crippen LogP contribution in [0.4, 0.5) is 0 Å². The Morgan fingerprint density at radius 3 is 0.650 bits per heavy atom. The van der Waals surface area contributed by atoms with Gasteiger partial charge in [0.05, 0.1) is 6.61 Å². The average Bonchev–Trinajstić information content (AvgIpc) is 3.14. The molecule has 0 saturated heterocycles. The Labute approximate surface area is 371 Å². The van der Waals surface area contributed by atoms with Crippen molar-refractivity contribution in [3.63, 3.8) is 0 Å². The van der Waals surface area contributed by atoms with Gasteiger partial charge in [0.15, 0.2) is 0 Å². The van der Waals surface area contributed by atoms with Crippen LogP contribution in [0.15, 0.2) is 128 Å². The van der Waals surface area contributed by atoms with Crippen LogP contribution in [0.1, 0.15) is 212 Å². The first kappa shape index (κ1) is 57.2. The minimum absolute atomic E-state index is 0.0550. The third-order valence-electron chi connectivity index (χ3n) is 11.0. The van der Waals surface area contributed by atoms with Crippen molar-refractivity contribution in [3.8, 4) is 0 Å². The highest BCUT2D eigenvalue weighted by atomic mass is 31.2. The van der Waals surface area contributed by atoms with E-state index in [4.69, 9.17) is 9.79 Å². The maximum Gasteiger partial charge on any atom is 0.469 e. The maximum atomic E-state index is 10.8. The van der Waals surface area contributed by atoms with E-state index in [1.807, 2.05) is 6.92 Å². The fourth-order valence-electron chi connectivity index (χ4n) is 6.80. The van der Waals surface area contributed by atoms with Crippen LogP contribution in [0.3, 0.4) is 0 Å². The zero-order valence-electron chi connectivity index (χ0n) is 40.9. The van der Waals surface area contributed by atoms with Gasteiger partial charge in [-0.3, -0.25) is 4.52 Å². The Morgan fingerprint density at radius 1 is 0.317 bits per heavy atom. The van der Waals surface area contributed by atoms with Gasteiger partial charge in [-0.1, -0.05) is 128 Å². The van der Waals surface area contributed by atoms with Crippen molar-refractivity contribution in [3.05, 3.63) is 128 Å². The number of phosphoric acid groups is 1. The lowest BCUT2D eigenvalue weighted by atomic mass is 10.0. The highest BCUT2D eigenvalue weighted by Gasteiger charge is 2.11. The molecular formula is C55H91O4P. The molecule has 60 heavy (non-hydrogen) atoms. The number of phosphoric ester groups is 1. The molecule has 0 aliphatic heterocycles. The summed E-state index contributed by atoms with van der Waals surface area (Å²) in [5.74, 6) is 0. The van der Waals surface area contributed by atoms with Gasteiger partial charge in [0.1, 0.15) is 0 Å². The van der Waals surface area contributed by atoms with E-state index in [0.717, 1.165) is 115 Å². The van der Waals surface area contributed by atoms with Gasteiger partial charge in [0, 0.05) is 0 Å². The van der Waals surface area contributed by atoms with Crippen molar-refractivity contribution in [1.82, 2.24) is 0 Å². The summed E-state index contributed by atoms with van der Waals surface area (Å²) in [4.78, 5) is 17.5. The molecule has 0 amide bonds. The van der Waals surface area contributed by atoms with Crippen LogP contribution in [-0.2, 0) is 9.09 Å². The molecular weight excluding hydrogens is 756 g/mol. The van der Waals surface area contributed by atoms with Crippen LogP contribution < -0.4 is 0 Å². The summed E-state index contributed by atoms with van der Waals surface area (Å²) in [5, 5.41) is 0. The first-order valence-electron chi connectivity index (χ1n) is 23.3. The smallest absolute Gasteiger partial charge is 0.303 e. The molecule has 0 spiro atoms. The summed E-state index contributed by atoms with van der Waals surface area (Å²) in [6.07, 6.45) is 48.1. The summed E-state index contributed by atoms with van der Waals surface area (Å²) in [7, 11) is -4.40. The van der Waals surface area contributed by atoms with Gasteiger partial charge in [-0.25, -0.2) is 4.57 Å². The minimum Gasteiger partial charge on any atom is -0.303 e. The topological polar surface area (TPSA) is 66.8 Å². The summed E-state index contributed by atoms with van der Waals surface area (Å²) in [6, 6.07) is 0. The van der Waals surface area contributed by atoms with E-state index in [2.05, 4.69) is 141 Å². The van der Waals surface area contributed by atoms with Crippen molar-refractivity contribution >= 4 is 7.82 Å². The van der Waals surface area contributed by atoms with E-state index >= 15 is 0 Å². The van der Waals surface area contributed by atoms with Crippen LogP contribution in [0, 0.1) is 0 Å². The molecule has 0 aromatic heterocycles. The van der Waals surface area contributed by atoms with E-state index in [9.17, 15) is 4.57 Å². The van der Waals surface area contributed by atoms with E-state index in [1.54, 1.807) is 6.08 Å². The third-order valence-corrected chi connectivity index (χ3v) is 11.5. The van der Waals surface area contributed by atoms with Gasteiger partial charge in [-0.2, -0.15) is 0 Å². The van der Waals surface area contributed by atoms with Crippen molar-refractivity contribution in [2.45, 2.75) is 212 Å². The van der Waals surface area contributed by atoms with Crippen molar-refractivity contribution in [2.24, 2.45) is 0 Å². The Morgan fingerprint density at radius 2 is 0.483 bits per heavy atom. The summed E-state index contributed by atoms with van der Waals surface area (Å²) in [5.41, 5.74) is 15.9. The molecule has 0 saturated carbocycles. The largest absolute Gasteiger partial charge is 0.469 e. The molecule has 340 valence electrons. The van der Waals surface area contributed by atoms with E-state index < -0.39 is 7.82 Å². The molecule has 0 aromatic rings. The van der Waals surface area contributed by atoms with Crippen LogP contribution >= 0.6 is 7.82 Å². The van der Waals surface area contributed by atoms with Gasteiger partial charge in [-0.15, -0.1) is 0 Å². The van der Waals surface area contributed by atoms with Gasteiger partial charge < -0.3 is 9.79 Å². The molecule has 2 N–H and O–H groups in total. The summed E-state index contributed by atoms with van der Waals surface area (Å²) < 4.78 is 15.3. The highest BCUT2D eigenvalue weighted by Crippen LogP contribution is 2.35. The fraction of sp³-hybridized carbons (Fsp3) is 0.600. The van der Waals surface area contributed by atoms with Crippen molar-refractivity contribution < 1.29 is 18.9 Å². The predicted molar refractivity (Wildman–Crippen MR) is 267 cm³/mol. The Balaban J connectivity index is 4.28. The van der Waals surface area contributed by atoms with Crippen molar-refractivity contribution in [2.75, 3.05) is 6.61 Å². The Hall–Kier alpha value is -2.75. The molecule has 0 aromatic carbocycles. The zero-order valence-corrected chi connectivity index (χ0v) is 41.8. The van der Waals surface area contributed by atoms with E-state index in [0.29, 0.717) is 0 Å². The van der Waals surface area contributed by atoms with Gasteiger partial charge in [-0.05, 0) is 212 Å². The molecule has 0 rings (SSSR count). The molecule has 0 heterocycles. The second-order valence-corrected chi connectivity index (χ2v) is 19.2. The fourth-order valence-corrected chi connectivity index (χ4v) is 7.07. The summed E-state index contributed by atoms with van der Waals surface area (Å²) >= 11 is 0. The normalized spacial score (nSPS) is 15.0. The third kappa shape index (κ3) is 39.4. The number of allylic oxidation sites excluding steroid dienone is 21. The van der Waals surface area contributed by atoms with Gasteiger partial charge in [0.25, 0.3) is 0 Å². The monoisotopic (exact) mass is 847 g/mol. The molecule has 0 aliphatic carbocycles. The molecule has 0 radical (unpaired) electrons. The van der Waals surface area contributed by atoms with Crippen LogP contribution in [-0.4, -0.2) is 16.4 Å². The van der Waals surface area contributed by atoms with E-state index in [1.165, 1.54) is 75.0 Å². The van der Waals surface area contributed by atoms with Gasteiger partial charge >= 0.3 is 7.82 Å². The standard InChI is InChI=1S/C55H91O4P/c1-45(2)23-13-24-46(3)25-14-26-47(4)27-15-28-48(5)29-16-30-49(6)31-17-32-50(7)33-18-34-51(8)35-19-36-52(9)37-20-38-53(10)39-21-40-54(11)41-22-42-55(12)43-44-59-60(56,57)58/h23,25,27,29,31,33,35,37,39,41,43H,13-22,24,26,28,30,32,34,36,38,40,42,44H2,1-12H3,(H2,56,57,58).